The molecule has 2 N–H and O–H groups in total. The van der Waals surface area contributed by atoms with Crippen LogP contribution in [0.15, 0.2) is 29.2 Å². The normalized spacial score (nSPS) is 33.4. The van der Waals surface area contributed by atoms with Crippen LogP contribution >= 0.6 is 23.2 Å². The van der Waals surface area contributed by atoms with Gasteiger partial charge in [0.25, 0.3) is 5.56 Å². The number of halogens is 2. The zero-order chi connectivity index (χ0) is 35.5. The summed E-state index contributed by atoms with van der Waals surface area (Å²) in [6.45, 7) is -26.4. The van der Waals surface area contributed by atoms with Gasteiger partial charge in [0.2, 0.25) is 5.95 Å². The molecule has 0 aliphatic carbocycles. The summed E-state index contributed by atoms with van der Waals surface area (Å²) in [7, 11) is 0. The smallest absolute Gasteiger partial charge is 0.278 e. The van der Waals surface area contributed by atoms with Gasteiger partial charge in [-0.05, 0) is 17.6 Å². The Morgan fingerprint density at radius 2 is 2.14 bits per heavy atom. The topological polar surface area (TPSA) is 88.1 Å². The second kappa shape index (κ2) is 8.48. The van der Waals surface area contributed by atoms with E-state index in [0.717, 1.165) is 0 Å². The van der Waals surface area contributed by atoms with Gasteiger partial charge in [0.15, 0.2) is 11.2 Å². The number of benzene rings is 1. The molecule has 148 valence electrons. The van der Waals surface area contributed by atoms with Crippen LogP contribution in [0.2, 0.25) is 10.0 Å². The van der Waals surface area contributed by atoms with E-state index in [1.54, 1.807) is 0 Å². The van der Waals surface area contributed by atoms with E-state index in [0.29, 0.717) is 0 Å². The molecule has 2 aromatic heterocycles. The fourth-order valence-electron chi connectivity index (χ4n) is 1.92. The lowest BCUT2D eigenvalue weighted by Gasteiger charge is -2.26. The number of aromatic nitrogens is 4. The molecule has 8 nitrogen and oxygen atoms in total. The molecular weight excluding hydrogens is 403 g/mol. The third-order valence-corrected chi connectivity index (χ3v) is 3.74. The summed E-state index contributed by atoms with van der Waals surface area (Å²) in [6, 6.07) is -2.34. The molecule has 3 aromatic rings. The monoisotopic (exact) mass is 440 g/mol. The number of nitrogens with one attached hydrogen (secondary N) is 2. The van der Waals surface area contributed by atoms with Crippen molar-refractivity contribution in [2.45, 2.75) is 13.0 Å². The van der Waals surface area contributed by atoms with Crippen LogP contribution in [0.4, 0.5) is 5.95 Å². The molecule has 1 aromatic carbocycles. The third kappa shape index (κ3) is 4.30. The summed E-state index contributed by atoms with van der Waals surface area (Å²) in [5.74, 6) is -0.783. The van der Waals surface area contributed by atoms with Crippen LogP contribution in [0.5, 0.6) is 0 Å². The molecule has 0 spiro atoms. The minimum Gasteiger partial charge on any atom is -0.379 e. The molecule has 0 radical (unpaired) electrons. The molecule has 28 heavy (non-hydrogen) atoms. The molecule has 0 saturated carbocycles. The van der Waals surface area contributed by atoms with E-state index in [2.05, 4.69) is 20.0 Å². The maximum absolute atomic E-state index is 13.2. The van der Waals surface area contributed by atoms with Crippen LogP contribution in [0.25, 0.3) is 11.2 Å². The summed E-state index contributed by atoms with van der Waals surface area (Å²) >= 11 is 11.7. The number of hydrogen-bond donors (Lipinski definition) is 2. The summed E-state index contributed by atoms with van der Waals surface area (Å²) in [6.07, 6.45) is -1.26. The van der Waals surface area contributed by atoms with Gasteiger partial charge in [0, 0.05) is 40.7 Å². The number of nitrogens with zero attached hydrogens (tertiary/aromatic N) is 4. The van der Waals surface area contributed by atoms with Gasteiger partial charge >= 0.3 is 0 Å². The number of aromatic amines is 1. The highest BCUT2D eigenvalue weighted by atomic mass is 35.5. The first-order valence-corrected chi connectivity index (χ1v) is 7.98. The molecule has 4 rings (SSSR count). The average molecular weight is 441 g/mol. The Bertz CT molecular complexity index is 1760. The highest BCUT2D eigenvalue weighted by Crippen LogP contribution is 2.22. The Kier molecular flexibility index (Phi) is 2.21. The lowest BCUT2D eigenvalue weighted by molar-refractivity contribution is 0.0365. The maximum atomic E-state index is 13.2. The standard InChI is InChI=1S/C18H20Cl2N6O2/c19-13-2-1-12(9-14(13)20)10-21-18-23-16-15(17(27)24-18)26(11-22-16)4-3-25-5-7-28-8-6-25/h1-2,9,11H,3-8,10H2,(H2,21,23,24,27)/i1D,2D,3D2,4D2,5D2,6D2,7D2,8D2,9D,10D2,11D. The molecular formula is C18H20Cl2N6O2. The van der Waals surface area contributed by atoms with Gasteiger partial charge in [-0.1, -0.05) is 29.2 Å². The van der Waals surface area contributed by atoms with Gasteiger partial charge in [0.05, 0.1) is 44.5 Å². The van der Waals surface area contributed by atoms with Crippen molar-refractivity contribution in [3.63, 3.8) is 0 Å². The number of imidazole rings is 1. The second-order valence-electron chi connectivity index (χ2n) is 4.85. The molecule has 1 aliphatic heterocycles. The Balaban J connectivity index is 1.87. The predicted molar refractivity (Wildman–Crippen MR) is 109 cm³/mol. The van der Waals surface area contributed by atoms with Gasteiger partial charge in [-0.2, -0.15) is 4.98 Å². The number of hydrogen-bond acceptors (Lipinski definition) is 6. The molecule has 1 saturated heterocycles. The van der Waals surface area contributed by atoms with E-state index in [4.69, 9.17) is 47.9 Å². The Hall–Kier alpha value is -2.13. The third-order valence-electron chi connectivity index (χ3n) is 3.08. The van der Waals surface area contributed by atoms with Crippen LogP contribution in [-0.4, -0.2) is 57.0 Å². The first kappa shape index (κ1) is 7.28. The van der Waals surface area contributed by atoms with Crippen LogP contribution in [0.1, 0.15) is 30.2 Å². The van der Waals surface area contributed by atoms with Crippen LogP contribution in [-0.2, 0) is 17.7 Å². The van der Waals surface area contributed by atoms with E-state index in [9.17, 15) is 4.79 Å². The van der Waals surface area contributed by atoms with Gasteiger partial charge in [-0.25, -0.2) is 4.98 Å². The lowest BCUT2D eigenvalue weighted by Crippen LogP contribution is -2.38. The SMILES string of the molecule is [2H]c1c([2H])c(C([2H])([2H])Nc2nc3nc([2H])n(C([2H])([2H])C([2H])([2H])N4C([2H])([2H])C([2H])([2H])OC([2H])([2H])C4([2H])[2H])c3c(=O)[nH]2)c([2H])c(Cl)c1Cl. The van der Waals surface area contributed by atoms with Crippen molar-refractivity contribution >= 4 is 40.3 Å². The molecule has 0 unspecified atom stereocenters. The van der Waals surface area contributed by atoms with Crippen LogP contribution < -0.4 is 10.9 Å². The van der Waals surface area contributed by atoms with Crippen molar-refractivity contribution in [3.8, 4) is 0 Å². The first-order valence-electron chi connectivity index (χ1n) is 16.2. The van der Waals surface area contributed by atoms with Gasteiger partial charge in [-0.15, -0.1) is 0 Å². The number of anilines is 1. The van der Waals surface area contributed by atoms with Gasteiger partial charge in [0.1, 0.15) is 1.37 Å². The minimum atomic E-state index is -4.13. The number of fused-ring (bicyclic) bond motifs is 1. The van der Waals surface area contributed by atoms with Gasteiger partial charge in [-0.3, -0.25) is 14.7 Å². The molecule has 0 atom stereocenters. The number of aryl methyl sites for hydroxylation is 1. The number of morpholine rings is 1. The quantitative estimate of drug-likeness (QED) is 0.611. The van der Waals surface area contributed by atoms with Crippen molar-refractivity contribution in [1.82, 2.24) is 24.4 Å². The summed E-state index contributed by atoms with van der Waals surface area (Å²) in [5.41, 5.74) is -4.06. The van der Waals surface area contributed by atoms with E-state index < -0.39 is 113 Å². The van der Waals surface area contributed by atoms with Crippen molar-refractivity contribution in [1.29, 1.82) is 0 Å². The van der Waals surface area contributed by atoms with Crippen LogP contribution in [0.3, 0.4) is 0 Å². The Labute approximate surface area is 196 Å². The van der Waals surface area contributed by atoms with Crippen molar-refractivity contribution in [2.24, 2.45) is 0 Å². The van der Waals surface area contributed by atoms with Crippen molar-refractivity contribution < 1.29 is 29.4 Å². The predicted octanol–water partition coefficient (Wildman–Crippen LogP) is 2.37. The molecule has 10 heteroatoms. The number of rotatable bonds is 6. The first-order chi connectivity index (χ1) is 20.5. The van der Waals surface area contributed by atoms with E-state index >= 15 is 0 Å². The molecule has 3 heterocycles. The van der Waals surface area contributed by atoms with Crippen LogP contribution in [0, 0.1) is 0 Å². The zero-order valence-corrected chi connectivity index (χ0v) is 14.9. The van der Waals surface area contributed by atoms with Gasteiger partial charge < -0.3 is 14.6 Å². The second-order valence-corrected chi connectivity index (χ2v) is 5.61. The fourth-order valence-corrected chi connectivity index (χ4v) is 2.16. The average Bonchev–Trinajstić information content (AvgIpc) is 3.20. The number of H-pyrrole nitrogens is 1. The number of ether oxygens (including phenoxy) is 1. The summed E-state index contributed by atoms with van der Waals surface area (Å²) < 4.78 is 151. The van der Waals surface area contributed by atoms with Crippen molar-refractivity contribution in [3.05, 3.63) is 50.4 Å². The Morgan fingerprint density at radius 1 is 1.32 bits per heavy atom. The highest BCUT2D eigenvalue weighted by molar-refractivity contribution is 6.42. The fraction of sp³-hybridized carbons (Fsp3) is 0.389. The molecule has 0 amide bonds. The highest BCUT2D eigenvalue weighted by Gasteiger charge is 2.14. The maximum Gasteiger partial charge on any atom is 0.278 e. The molecule has 1 fully saturated rings. The van der Waals surface area contributed by atoms with E-state index in [1.165, 1.54) is 0 Å². The Morgan fingerprint density at radius 3 is 2.96 bits per heavy atom. The summed E-state index contributed by atoms with van der Waals surface area (Å²) in [5, 5.41) is 1.03. The lowest BCUT2D eigenvalue weighted by atomic mass is 10.2. The molecule has 1 aliphatic rings. The minimum absolute atomic E-state index is 0.0610. The zero-order valence-electron chi connectivity index (χ0n) is 31.4. The van der Waals surface area contributed by atoms with E-state index in [-0.39, 0.29) is 4.57 Å². The molecule has 0 bridgehead atoms. The summed E-state index contributed by atoms with van der Waals surface area (Å²) in [4.78, 5) is 21.9. The van der Waals surface area contributed by atoms with Crippen molar-refractivity contribution in [2.75, 3.05) is 37.9 Å². The largest absolute Gasteiger partial charge is 0.379 e. The van der Waals surface area contributed by atoms with E-state index in [1.807, 2.05) is 4.98 Å².